The fourth-order valence-corrected chi connectivity index (χ4v) is 1.67. The monoisotopic (exact) mass is 264 g/mol. The number of carbonyl (C=O) groups excluding carboxylic acids is 1. The van der Waals surface area contributed by atoms with Crippen LogP contribution in [0, 0.1) is 12.3 Å². The Morgan fingerprint density at radius 1 is 1.42 bits per heavy atom. The fourth-order valence-electron chi connectivity index (χ4n) is 1.67. The highest BCUT2D eigenvalue weighted by atomic mass is 16.5. The molecule has 1 aromatic rings. The Kier molecular flexibility index (Phi) is 5.10. The zero-order valence-electron chi connectivity index (χ0n) is 11.6. The van der Waals surface area contributed by atoms with E-state index in [0.717, 1.165) is 11.8 Å². The molecule has 0 aliphatic carbocycles. The Balaban J connectivity index is 2.52. The molecule has 0 radical (unpaired) electrons. The summed E-state index contributed by atoms with van der Waals surface area (Å²) >= 11 is 0. The van der Waals surface area contributed by atoms with Gasteiger partial charge in [0.1, 0.15) is 5.75 Å². The van der Waals surface area contributed by atoms with Gasteiger partial charge in [-0.3, -0.25) is 9.59 Å². The van der Waals surface area contributed by atoms with Gasteiger partial charge in [-0.15, -0.1) is 0 Å². The van der Waals surface area contributed by atoms with Gasteiger partial charge in [0, 0.05) is 0 Å². The number of carbonyl (C=O) groups is 2. The van der Waals surface area contributed by atoms with Crippen LogP contribution in [0.5, 0.6) is 5.75 Å². The van der Waals surface area contributed by atoms with Crippen LogP contribution in [0.3, 0.4) is 0 Å². The van der Waals surface area contributed by atoms with Crippen LogP contribution in [0.1, 0.15) is 42.6 Å². The molecule has 0 atom stereocenters. The van der Waals surface area contributed by atoms with Crippen molar-refractivity contribution in [3.63, 3.8) is 0 Å². The number of benzene rings is 1. The van der Waals surface area contributed by atoms with Crippen molar-refractivity contribution in [3.8, 4) is 5.75 Å². The number of aldehydes is 1. The van der Waals surface area contributed by atoms with E-state index >= 15 is 0 Å². The van der Waals surface area contributed by atoms with Crippen molar-refractivity contribution in [3.05, 3.63) is 29.3 Å². The predicted molar refractivity (Wildman–Crippen MR) is 72.7 cm³/mol. The minimum absolute atomic E-state index is 0.404. The molecule has 0 bridgehead atoms. The molecule has 0 fully saturated rings. The van der Waals surface area contributed by atoms with Crippen LogP contribution in [0.15, 0.2) is 18.2 Å². The fraction of sp³-hybridized carbons (Fsp3) is 0.467. The number of aryl methyl sites for hydroxylation is 1. The van der Waals surface area contributed by atoms with Crippen LogP contribution >= 0.6 is 0 Å². The standard InChI is InChI=1S/C15H20O4/c1-11-5-6-12(10-16)13(9-11)19-8-4-7-15(2,3)14(17)18/h5-6,9-10H,4,7-8H2,1-3H3,(H,17,18). The summed E-state index contributed by atoms with van der Waals surface area (Å²) in [5.74, 6) is -0.250. The van der Waals surface area contributed by atoms with Crippen LogP contribution in [0.25, 0.3) is 0 Å². The smallest absolute Gasteiger partial charge is 0.309 e. The topological polar surface area (TPSA) is 63.6 Å². The van der Waals surface area contributed by atoms with Crippen LogP contribution in [-0.4, -0.2) is 24.0 Å². The molecule has 0 aliphatic heterocycles. The molecule has 0 aromatic heterocycles. The summed E-state index contributed by atoms with van der Waals surface area (Å²) in [4.78, 5) is 21.8. The molecule has 0 amide bonds. The Morgan fingerprint density at radius 2 is 2.11 bits per heavy atom. The summed E-state index contributed by atoms with van der Waals surface area (Å²) in [6, 6.07) is 5.38. The maximum absolute atomic E-state index is 10.9. The number of carboxylic acids is 1. The normalized spacial score (nSPS) is 11.1. The minimum atomic E-state index is -0.809. The lowest BCUT2D eigenvalue weighted by Gasteiger charge is -2.18. The molecule has 0 saturated carbocycles. The molecule has 0 spiro atoms. The number of aliphatic carboxylic acids is 1. The summed E-state index contributed by atoms with van der Waals surface area (Å²) in [6.45, 7) is 5.72. The number of carboxylic acid groups (broad SMARTS) is 1. The Labute approximate surface area is 113 Å². The van der Waals surface area contributed by atoms with Crippen molar-refractivity contribution in [1.82, 2.24) is 0 Å². The Hall–Kier alpha value is -1.84. The van der Waals surface area contributed by atoms with Gasteiger partial charge >= 0.3 is 5.97 Å². The van der Waals surface area contributed by atoms with Crippen molar-refractivity contribution >= 4 is 12.3 Å². The third-order valence-electron chi connectivity index (χ3n) is 3.08. The van der Waals surface area contributed by atoms with E-state index in [0.29, 0.717) is 30.8 Å². The average molecular weight is 264 g/mol. The van der Waals surface area contributed by atoms with E-state index in [9.17, 15) is 9.59 Å². The van der Waals surface area contributed by atoms with Crippen LogP contribution in [0.2, 0.25) is 0 Å². The SMILES string of the molecule is Cc1ccc(C=O)c(OCCCC(C)(C)C(=O)O)c1. The number of hydrogen-bond acceptors (Lipinski definition) is 3. The molecular weight excluding hydrogens is 244 g/mol. The lowest BCUT2D eigenvalue weighted by Crippen LogP contribution is -2.24. The number of hydrogen-bond donors (Lipinski definition) is 1. The Morgan fingerprint density at radius 3 is 2.68 bits per heavy atom. The van der Waals surface area contributed by atoms with Crippen molar-refractivity contribution in [2.24, 2.45) is 5.41 Å². The van der Waals surface area contributed by atoms with E-state index in [1.54, 1.807) is 19.9 Å². The maximum atomic E-state index is 10.9. The van der Waals surface area contributed by atoms with Gasteiger partial charge in [0.2, 0.25) is 0 Å². The molecule has 0 aliphatic rings. The van der Waals surface area contributed by atoms with Gasteiger partial charge in [-0.1, -0.05) is 6.07 Å². The van der Waals surface area contributed by atoms with Crippen molar-refractivity contribution in [2.75, 3.05) is 6.61 Å². The first-order chi connectivity index (χ1) is 8.86. The first-order valence-corrected chi connectivity index (χ1v) is 6.29. The van der Waals surface area contributed by atoms with Gasteiger partial charge in [-0.25, -0.2) is 0 Å². The summed E-state index contributed by atoms with van der Waals surface area (Å²) in [7, 11) is 0. The van der Waals surface area contributed by atoms with Crippen LogP contribution in [-0.2, 0) is 4.79 Å². The summed E-state index contributed by atoms with van der Waals surface area (Å²) in [5, 5.41) is 8.99. The van der Waals surface area contributed by atoms with Gasteiger partial charge in [0.25, 0.3) is 0 Å². The van der Waals surface area contributed by atoms with Gasteiger partial charge in [-0.05, 0) is 51.3 Å². The van der Waals surface area contributed by atoms with Crippen LogP contribution in [0.4, 0.5) is 0 Å². The predicted octanol–water partition coefficient (Wildman–Crippen LogP) is 3.08. The second kappa shape index (κ2) is 6.36. The number of rotatable bonds is 7. The second-order valence-corrected chi connectivity index (χ2v) is 5.30. The zero-order valence-corrected chi connectivity index (χ0v) is 11.6. The van der Waals surface area contributed by atoms with Crippen molar-refractivity contribution in [2.45, 2.75) is 33.6 Å². The van der Waals surface area contributed by atoms with Crippen LogP contribution < -0.4 is 4.74 Å². The molecule has 0 saturated heterocycles. The van der Waals surface area contributed by atoms with E-state index in [-0.39, 0.29) is 0 Å². The third-order valence-corrected chi connectivity index (χ3v) is 3.08. The van der Waals surface area contributed by atoms with Gasteiger partial charge in [-0.2, -0.15) is 0 Å². The molecule has 0 heterocycles. The van der Waals surface area contributed by atoms with E-state index in [1.165, 1.54) is 0 Å². The second-order valence-electron chi connectivity index (χ2n) is 5.30. The highest BCUT2D eigenvalue weighted by molar-refractivity contribution is 5.79. The van der Waals surface area contributed by atoms with Crippen molar-refractivity contribution in [1.29, 1.82) is 0 Å². The molecule has 4 heteroatoms. The van der Waals surface area contributed by atoms with E-state index < -0.39 is 11.4 Å². The highest BCUT2D eigenvalue weighted by Crippen LogP contribution is 2.23. The lowest BCUT2D eigenvalue weighted by molar-refractivity contribution is -0.147. The molecule has 0 unspecified atom stereocenters. The molecule has 1 aromatic carbocycles. The summed E-state index contributed by atoms with van der Waals surface area (Å²) in [6.07, 6.45) is 1.92. The zero-order chi connectivity index (χ0) is 14.5. The first-order valence-electron chi connectivity index (χ1n) is 6.29. The van der Waals surface area contributed by atoms with E-state index in [1.807, 2.05) is 19.1 Å². The quantitative estimate of drug-likeness (QED) is 0.607. The third kappa shape index (κ3) is 4.39. The largest absolute Gasteiger partial charge is 0.493 e. The van der Waals surface area contributed by atoms with Gasteiger partial charge in [0.15, 0.2) is 6.29 Å². The summed E-state index contributed by atoms with van der Waals surface area (Å²) < 4.78 is 5.56. The molecule has 19 heavy (non-hydrogen) atoms. The Bertz CT molecular complexity index is 463. The lowest BCUT2D eigenvalue weighted by atomic mass is 9.88. The molecule has 4 nitrogen and oxygen atoms in total. The number of ether oxygens (including phenoxy) is 1. The van der Waals surface area contributed by atoms with E-state index in [4.69, 9.17) is 9.84 Å². The summed E-state index contributed by atoms with van der Waals surface area (Å²) in [5.41, 5.74) is 0.790. The molecule has 104 valence electrons. The van der Waals surface area contributed by atoms with Crippen molar-refractivity contribution < 1.29 is 19.4 Å². The maximum Gasteiger partial charge on any atom is 0.309 e. The molecule has 1 N–H and O–H groups in total. The minimum Gasteiger partial charge on any atom is -0.493 e. The molecular formula is C15H20O4. The highest BCUT2D eigenvalue weighted by Gasteiger charge is 2.26. The van der Waals surface area contributed by atoms with Gasteiger partial charge < -0.3 is 9.84 Å². The first kappa shape index (κ1) is 15.2. The molecule has 1 rings (SSSR count). The average Bonchev–Trinajstić information content (AvgIpc) is 2.34. The van der Waals surface area contributed by atoms with E-state index in [2.05, 4.69) is 0 Å². The van der Waals surface area contributed by atoms with Gasteiger partial charge in [0.05, 0.1) is 17.6 Å².